The molecule has 0 unspecified atom stereocenters. The van der Waals surface area contributed by atoms with Gasteiger partial charge in [0.2, 0.25) is 0 Å². The lowest BCUT2D eigenvalue weighted by Gasteiger charge is -2.03. The van der Waals surface area contributed by atoms with Crippen molar-refractivity contribution >= 4 is 5.97 Å². The maximum Gasteiger partial charge on any atom is 0.358 e. The fourth-order valence-corrected chi connectivity index (χ4v) is 1.03. The van der Waals surface area contributed by atoms with Crippen molar-refractivity contribution in [3.05, 3.63) is 28.2 Å². The van der Waals surface area contributed by atoms with E-state index in [-0.39, 0.29) is 11.3 Å². The molecule has 1 aromatic heterocycles. The van der Waals surface area contributed by atoms with E-state index in [0.717, 1.165) is 6.42 Å². The van der Waals surface area contributed by atoms with Crippen LogP contribution in [0, 0.1) is 0 Å². The highest BCUT2D eigenvalue weighted by atomic mass is 16.5. The molecule has 0 aliphatic carbocycles. The number of hydrogen-bond acceptors (Lipinski definition) is 4. The minimum absolute atomic E-state index is 0.153. The van der Waals surface area contributed by atoms with Crippen molar-refractivity contribution in [2.75, 3.05) is 7.11 Å². The van der Waals surface area contributed by atoms with Crippen LogP contribution in [0.15, 0.2) is 16.9 Å². The van der Waals surface area contributed by atoms with E-state index in [1.165, 1.54) is 23.9 Å². The van der Waals surface area contributed by atoms with Crippen LogP contribution in [0.25, 0.3) is 0 Å². The first-order chi connectivity index (χ1) is 6.69. The second-order valence-electron chi connectivity index (χ2n) is 2.77. The van der Waals surface area contributed by atoms with Gasteiger partial charge in [-0.2, -0.15) is 5.10 Å². The first-order valence-corrected chi connectivity index (χ1v) is 4.35. The number of carbonyl (C=O) groups excluding carboxylic acids is 1. The van der Waals surface area contributed by atoms with E-state index >= 15 is 0 Å². The van der Waals surface area contributed by atoms with Crippen LogP contribution in [0.5, 0.6) is 0 Å². The number of aromatic nitrogens is 2. The Morgan fingerprint density at radius 3 is 2.86 bits per heavy atom. The van der Waals surface area contributed by atoms with E-state index in [0.29, 0.717) is 6.54 Å². The molecular weight excluding hydrogens is 184 g/mol. The second kappa shape index (κ2) is 4.55. The molecule has 0 bridgehead atoms. The molecule has 0 atom stereocenters. The van der Waals surface area contributed by atoms with Crippen LogP contribution in [-0.4, -0.2) is 22.9 Å². The van der Waals surface area contributed by atoms with Crippen molar-refractivity contribution in [1.82, 2.24) is 9.78 Å². The van der Waals surface area contributed by atoms with Crippen LogP contribution >= 0.6 is 0 Å². The molecule has 0 N–H and O–H groups in total. The van der Waals surface area contributed by atoms with Gasteiger partial charge in [0.15, 0.2) is 5.69 Å². The summed E-state index contributed by atoms with van der Waals surface area (Å²) in [5.74, 6) is -0.533. The van der Waals surface area contributed by atoms with Crippen LogP contribution in [-0.2, 0) is 11.3 Å². The summed E-state index contributed by atoms with van der Waals surface area (Å²) in [6, 6.07) is 2.68. The molecule has 0 spiro atoms. The van der Waals surface area contributed by atoms with Gasteiger partial charge in [-0.3, -0.25) is 4.79 Å². The number of methoxy groups -OCH3 is 1. The van der Waals surface area contributed by atoms with Crippen molar-refractivity contribution in [2.45, 2.75) is 19.9 Å². The number of ether oxygens (including phenoxy) is 1. The topological polar surface area (TPSA) is 61.2 Å². The molecule has 0 fully saturated rings. The Kier molecular flexibility index (Phi) is 3.39. The lowest BCUT2D eigenvalue weighted by atomic mass is 10.4. The maximum atomic E-state index is 11.2. The second-order valence-corrected chi connectivity index (χ2v) is 2.77. The highest BCUT2D eigenvalue weighted by Crippen LogP contribution is 1.93. The number of rotatable bonds is 3. The number of aryl methyl sites for hydroxylation is 1. The zero-order chi connectivity index (χ0) is 10.6. The third-order valence-corrected chi connectivity index (χ3v) is 1.70. The van der Waals surface area contributed by atoms with Crippen molar-refractivity contribution in [3.63, 3.8) is 0 Å². The molecule has 5 nitrogen and oxygen atoms in total. The van der Waals surface area contributed by atoms with E-state index in [9.17, 15) is 9.59 Å². The van der Waals surface area contributed by atoms with E-state index in [1.807, 2.05) is 6.92 Å². The minimum Gasteiger partial charge on any atom is -0.464 e. The molecule has 0 aliphatic rings. The van der Waals surface area contributed by atoms with Gasteiger partial charge in [-0.15, -0.1) is 0 Å². The van der Waals surface area contributed by atoms with E-state index < -0.39 is 5.97 Å². The molecule has 76 valence electrons. The highest BCUT2D eigenvalue weighted by Gasteiger charge is 2.08. The fraction of sp³-hybridized carbons (Fsp3) is 0.444. The van der Waals surface area contributed by atoms with Crippen LogP contribution in [0.1, 0.15) is 23.8 Å². The molecule has 5 heteroatoms. The van der Waals surface area contributed by atoms with Crippen LogP contribution in [0.3, 0.4) is 0 Å². The predicted octanol–water partition coefficient (Wildman–Crippen LogP) is 0.440. The molecule has 0 amide bonds. The van der Waals surface area contributed by atoms with Crippen LogP contribution in [0.2, 0.25) is 0 Å². The molecular formula is C9H12N2O3. The highest BCUT2D eigenvalue weighted by molar-refractivity contribution is 5.86. The number of esters is 1. The largest absolute Gasteiger partial charge is 0.464 e. The van der Waals surface area contributed by atoms with Gasteiger partial charge >= 0.3 is 5.97 Å². The van der Waals surface area contributed by atoms with Gasteiger partial charge in [-0.1, -0.05) is 6.92 Å². The Morgan fingerprint density at radius 2 is 2.29 bits per heavy atom. The van der Waals surface area contributed by atoms with Gasteiger partial charge < -0.3 is 4.74 Å². The van der Waals surface area contributed by atoms with E-state index in [4.69, 9.17) is 0 Å². The van der Waals surface area contributed by atoms with E-state index in [2.05, 4.69) is 9.84 Å². The Hall–Kier alpha value is -1.65. The Bertz CT molecular complexity index is 384. The van der Waals surface area contributed by atoms with Crippen molar-refractivity contribution < 1.29 is 9.53 Å². The zero-order valence-electron chi connectivity index (χ0n) is 8.19. The predicted molar refractivity (Wildman–Crippen MR) is 50.1 cm³/mol. The summed E-state index contributed by atoms with van der Waals surface area (Å²) >= 11 is 0. The fourth-order valence-electron chi connectivity index (χ4n) is 1.03. The summed E-state index contributed by atoms with van der Waals surface area (Å²) in [6.07, 6.45) is 0.789. The van der Waals surface area contributed by atoms with Crippen molar-refractivity contribution in [3.8, 4) is 0 Å². The third kappa shape index (κ3) is 2.18. The number of carbonyl (C=O) groups is 1. The van der Waals surface area contributed by atoms with Crippen molar-refractivity contribution in [1.29, 1.82) is 0 Å². The Balaban J connectivity index is 3.06. The maximum absolute atomic E-state index is 11.2. The van der Waals surface area contributed by atoms with E-state index in [1.54, 1.807) is 0 Å². The average molecular weight is 196 g/mol. The summed E-state index contributed by atoms with van der Waals surface area (Å²) in [5, 5.41) is 3.86. The van der Waals surface area contributed by atoms with Gasteiger partial charge in [0.05, 0.1) is 7.11 Å². The molecule has 14 heavy (non-hydrogen) atoms. The zero-order valence-corrected chi connectivity index (χ0v) is 8.19. The molecule has 0 aliphatic heterocycles. The quantitative estimate of drug-likeness (QED) is 0.658. The number of hydrogen-bond donors (Lipinski definition) is 0. The van der Waals surface area contributed by atoms with Gasteiger partial charge in [0.1, 0.15) is 0 Å². The van der Waals surface area contributed by atoms with Crippen molar-refractivity contribution in [2.24, 2.45) is 0 Å². The minimum atomic E-state index is -0.533. The first kappa shape index (κ1) is 10.4. The molecule has 1 aromatic rings. The summed E-state index contributed by atoms with van der Waals surface area (Å²) in [5.41, 5.74) is -0.0555. The molecule has 0 aromatic carbocycles. The summed E-state index contributed by atoms with van der Waals surface area (Å²) in [6.45, 7) is 2.43. The third-order valence-electron chi connectivity index (χ3n) is 1.70. The molecule has 0 saturated heterocycles. The molecule has 1 heterocycles. The number of nitrogens with zero attached hydrogens (tertiary/aromatic N) is 2. The van der Waals surface area contributed by atoms with Gasteiger partial charge in [0, 0.05) is 12.6 Å². The molecule has 1 rings (SSSR count). The Labute approximate surface area is 81.3 Å². The smallest absolute Gasteiger partial charge is 0.358 e. The lowest BCUT2D eigenvalue weighted by molar-refractivity contribution is 0.0590. The normalized spacial score (nSPS) is 9.86. The standard InChI is InChI=1S/C9H12N2O3/c1-3-6-11-8(12)5-4-7(10-11)9(13)14-2/h4-5H,3,6H2,1-2H3. The summed E-state index contributed by atoms with van der Waals surface area (Å²) in [7, 11) is 1.28. The van der Waals surface area contributed by atoms with Crippen LogP contribution < -0.4 is 5.56 Å². The SMILES string of the molecule is CCCn1nc(C(=O)OC)ccc1=O. The monoisotopic (exact) mass is 196 g/mol. The summed E-state index contributed by atoms with van der Waals surface area (Å²) < 4.78 is 5.75. The Morgan fingerprint density at radius 1 is 1.57 bits per heavy atom. The molecule has 0 saturated carbocycles. The van der Waals surface area contributed by atoms with Crippen LogP contribution in [0.4, 0.5) is 0 Å². The summed E-state index contributed by atoms with van der Waals surface area (Å²) in [4.78, 5) is 22.3. The van der Waals surface area contributed by atoms with Gasteiger partial charge in [-0.25, -0.2) is 9.48 Å². The first-order valence-electron chi connectivity index (χ1n) is 4.35. The van der Waals surface area contributed by atoms with Gasteiger partial charge in [0.25, 0.3) is 5.56 Å². The average Bonchev–Trinajstić information content (AvgIpc) is 2.20. The van der Waals surface area contributed by atoms with Gasteiger partial charge in [-0.05, 0) is 12.5 Å². The lowest BCUT2D eigenvalue weighted by Crippen LogP contribution is -2.24. The molecule has 0 radical (unpaired) electrons.